The molecule has 3 rings (SSSR count). The second-order valence-electron chi connectivity index (χ2n) is 7.20. The summed E-state index contributed by atoms with van der Waals surface area (Å²) >= 11 is 0. The summed E-state index contributed by atoms with van der Waals surface area (Å²) in [5.41, 5.74) is 0. The van der Waals surface area contributed by atoms with Gasteiger partial charge in [0.1, 0.15) is 6.10 Å². The largest absolute Gasteiger partial charge is 0.471 e. The molecule has 0 N–H and O–H groups in total. The van der Waals surface area contributed by atoms with Gasteiger partial charge in [-0.05, 0) is 37.7 Å². The predicted molar refractivity (Wildman–Crippen MR) is 93.2 cm³/mol. The number of rotatable bonds is 5. The standard InChI is InChI=1S/C18H28N4O2/c1-21(2)16-9-10-17(20-19-16)24-15-8-5-11-22(13-15)18(23)12-14-6-3-4-7-14/h9-10,14-15H,3-8,11-13H2,1-2H3. The Morgan fingerprint density at radius 1 is 1.21 bits per heavy atom. The molecule has 6 heteroatoms. The second-order valence-corrected chi connectivity index (χ2v) is 7.20. The van der Waals surface area contributed by atoms with Gasteiger partial charge in [0.15, 0.2) is 5.82 Å². The Labute approximate surface area is 144 Å². The molecule has 132 valence electrons. The Hall–Kier alpha value is -1.85. The van der Waals surface area contributed by atoms with Gasteiger partial charge in [0.25, 0.3) is 0 Å². The molecule has 2 fully saturated rings. The molecule has 0 bridgehead atoms. The van der Waals surface area contributed by atoms with E-state index in [0.29, 0.717) is 30.7 Å². The van der Waals surface area contributed by atoms with Gasteiger partial charge in [-0.1, -0.05) is 12.8 Å². The molecule has 2 aliphatic rings. The minimum atomic E-state index is 0.0192. The van der Waals surface area contributed by atoms with Crippen LogP contribution < -0.4 is 9.64 Å². The van der Waals surface area contributed by atoms with Crippen molar-refractivity contribution in [1.82, 2.24) is 15.1 Å². The number of nitrogens with zero attached hydrogens (tertiary/aromatic N) is 4. The topological polar surface area (TPSA) is 58.6 Å². The highest BCUT2D eigenvalue weighted by Gasteiger charge is 2.27. The average molecular weight is 332 g/mol. The number of amides is 1. The minimum absolute atomic E-state index is 0.0192. The van der Waals surface area contributed by atoms with Crippen molar-refractivity contribution in [1.29, 1.82) is 0 Å². The highest BCUT2D eigenvalue weighted by Crippen LogP contribution is 2.28. The van der Waals surface area contributed by atoms with Crippen LogP contribution in [0.15, 0.2) is 12.1 Å². The Bertz CT molecular complexity index is 540. The van der Waals surface area contributed by atoms with Crippen molar-refractivity contribution >= 4 is 11.7 Å². The Balaban J connectivity index is 1.52. The van der Waals surface area contributed by atoms with Gasteiger partial charge in [-0.15, -0.1) is 10.2 Å². The molecule has 1 aromatic heterocycles. The number of anilines is 1. The molecule has 1 aliphatic heterocycles. The molecule has 1 saturated carbocycles. The van der Waals surface area contributed by atoms with E-state index in [2.05, 4.69) is 10.2 Å². The zero-order chi connectivity index (χ0) is 16.9. The third-order valence-electron chi connectivity index (χ3n) is 5.04. The van der Waals surface area contributed by atoms with Crippen molar-refractivity contribution in [3.8, 4) is 5.88 Å². The molecule has 1 amide bonds. The van der Waals surface area contributed by atoms with E-state index in [-0.39, 0.29) is 6.10 Å². The molecule has 1 saturated heterocycles. The quantitative estimate of drug-likeness (QED) is 0.829. The van der Waals surface area contributed by atoms with Crippen molar-refractivity contribution in [3.05, 3.63) is 12.1 Å². The van der Waals surface area contributed by atoms with Crippen LogP contribution in [0.25, 0.3) is 0 Å². The SMILES string of the molecule is CN(C)c1ccc(OC2CCCN(C(=O)CC3CCCC3)C2)nn1. The molecular weight excluding hydrogens is 304 g/mol. The van der Waals surface area contributed by atoms with Crippen LogP contribution in [-0.2, 0) is 4.79 Å². The number of aromatic nitrogens is 2. The molecule has 1 aliphatic carbocycles. The van der Waals surface area contributed by atoms with Gasteiger partial charge >= 0.3 is 0 Å². The van der Waals surface area contributed by atoms with E-state index in [0.717, 1.165) is 25.2 Å². The number of hydrogen-bond acceptors (Lipinski definition) is 5. The van der Waals surface area contributed by atoms with Gasteiger partial charge in [-0.2, -0.15) is 0 Å². The van der Waals surface area contributed by atoms with E-state index >= 15 is 0 Å². The van der Waals surface area contributed by atoms with Crippen LogP contribution in [0.1, 0.15) is 44.9 Å². The normalized spacial score (nSPS) is 21.8. The number of carbonyl (C=O) groups is 1. The molecule has 2 heterocycles. The summed E-state index contributed by atoms with van der Waals surface area (Å²) < 4.78 is 5.95. The van der Waals surface area contributed by atoms with E-state index in [1.54, 1.807) is 0 Å². The van der Waals surface area contributed by atoms with Gasteiger partial charge in [0, 0.05) is 33.1 Å². The van der Waals surface area contributed by atoms with Crippen molar-refractivity contribution in [2.24, 2.45) is 5.92 Å². The first-order chi connectivity index (χ1) is 11.6. The maximum atomic E-state index is 12.5. The summed E-state index contributed by atoms with van der Waals surface area (Å²) in [6, 6.07) is 3.75. The first-order valence-electron chi connectivity index (χ1n) is 9.07. The summed E-state index contributed by atoms with van der Waals surface area (Å²) in [4.78, 5) is 16.4. The maximum Gasteiger partial charge on any atom is 0.233 e. The fourth-order valence-electron chi connectivity index (χ4n) is 3.64. The zero-order valence-electron chi connectivity index (χ0n) is 14.8. The van der Waals surface area contributed by atoms with Crippen LogP contribution in [0, 0.1) is 5.92 Å². The number of hydrogen-bond donors (Lipinski definition) is 0. The van der Waals surface area contributed by atoms with E-state index in [1.807, 2.05) is 36.0 Å². The fraction of sp³-hybridized carbons (Fsp3) is 0.722. The number of carbonyl (C=O) groups excluding carboxylic acids is 1. The van der Waals surface area contributed by atoms with E-state index in [4.69, 9.17) is 4.74 Å². The van der Waals surface area contributed by atoms with Crippen LogP contribution in [0.5, 0.6) is 5.88 Å². The molecule has 1 atom stereocenters. The van der Waals surface area contributed by atoms with E-state index in [9.17, 15) is 4.79 Å². The van der Waals surface area contributed by atoms with Crippen LogP contribution in [0.3, 0.4) is 0 Å². The lowest BCUT2D eigenvalue weighted by molar-refractivity contribution is -0.134. The van der Waals surface area contributed by atoms with Crippen molar-refractivity contribution in [2.45, 2.75) is 51.0 Å². The van der Waals surface area contributed by atoms with Crippen molar-refractivity contribution < 1.29 is 9.53 Å². The maximum absolute atomic E-state index is 12.5. The fourth-order valence-corrected chi connectivity index (χ4v) is 3.64. The molecular formula is C18H28N4O2. The number of ether oxygens (including phenoxy) is 1. The molecule has 1 unspecified atom stereocenters. The smallest absolute Gasteiger partial charge is 0.233 e. The van der Waals surface area contributed by atoms with Gasteiger partial charge in [-0.25, -0.2) is 0 Å². The summed E-state index contributed by atoms with van der Waals surface area (Å²) in [6.07, 6.45) is 7.68. The molecule has 0 spiro atoms. The zero-order valence-corrected chi connectivity index (χ0v) is 14.8. The monoisotopic (exact) mass is 332 g/mol. The Kier molecular flexibility index (Phi) is 5.53. The van der Waals surface area contributed by atoms with Crippen LogP contribution >= 0.6 is 0 Å². The van der Waals surface area contributed by atoms with Crippen LogP contribution in [0.4, 0.5) is 5.82 Å². The molecule has 6 nitrogen and oxygen atoms in total. The van der Waals surface area contributed by atoms with Crippen LogP contribution in [-0.4, -0.2) is 54.3 Å². The number of likely N-dealkylation sites (tertiary alicyclic amines) is 1. The first kappa shape index (κ1) is 17.0. The Morgan fingerprint density at radius 2 is 2.00 bits per heavy atom. The van der Waals surface area contributed by atoms with Crippen LogP contribution in [0.2, 0.25) is 0 Å². The van der Waals surface area contributed by atoms with Gasteiger partial charge in [-0.3, -0.25) is 4.79 Å². The van der Waals surface area contributed by atoms with Crippen molar-refractivity contribution in [2.75, 3.05) is 32.1 Å². The second kappa shape index (κ2) is 7.81. The lowest BCUT2D eigenvalue weighted by Crippen LogP contribution is -2.44. The lowest BCUT2D eigenvalue weighted by atomic mass is 10.0. The molecule has 0 aromatic carbocycles. The van der Waals surface area contributed by atoms with Gasteiger partial charge in [0.2, 0.25) is 11.8 Å². The summed E-state index contributed by atoms with van der Waals surface area (Å²) in [5, 5.41) is 8.27. The highest BCUT2D eigenvalue weighted by atomic mass is 16.5. The molecule has 0 radical (unpaired) electrons. The highest BCUT2D eigenvalue weighted by molar-refractivity contribution is 5.76. The average Bonchev–Trinajstić information content (AvgIpc) is 3.08. The Morgan fingerprint density at radius 3 is 2.67 bits per heavy atom. The lowest BCUT2D eigenvalue weighted by Gasteiger charge is -2.33. The van der Waals surface area contributed by atoms with Gasteiger partial charge in [0.05, 0.1) is 6.54 Å². The van der Waals surface area contributed by atoms with E-state index in [1.165, 1.54) is 25.7 Å². The molecule has 24 heavy (non-hydrogen) atoms. The van der Waals surface area contributed by atoms with E-state index < -0.39 is 0 Å². The molecule has 1 aromatic rings. The summed E-state index contributed by atoms with van der Waals surface area (Å²) in [6.45, 7) is 1.53. The third-order valence-corrected chi connectivity index (χ3v) is 5.04. The first-order valence-corrected chi connectivity index (χ1v) is 9.07. The summed E-state index contributed by atoms with van der Waals surface area (Å²) in [7, 11) is 3.86. The minimum Gasteiger partial charge on any atom is -0.471 e. The predicted octanol–water partition coefficient (Wildman–Crippen LogP) is 2.49. The third kappa shape index (κ3) is 4.36. The summed E-state index contributed by atoms with van der Waals surface area (Å²) in [5.74, 6) is 2.24. The number of piperidine rings is 1. The van der Waals surface area contributed by atoms with Gasteiger partial charge < -0.3 is 14.5 Å². The van der Waals surface area contributed by atoms with Crippen molar-refractivity contribution in [3.63, 3.8) is 0 Å².